The van der Waals surface area contributed by atoms with E-state index in [1.807, 2.05) is 30.3 Å². The number of rotatable bonds is 7. The topological polar surface area (TPSA) is 40.5 Å². The molecule has 0 radical (unpaired) electrons. The summed E-state index contributed by atoms with van der Waals surface area (Å²) < 4.78 is 0. The molecule has 2 rings (SSSR count). The molecule has 1 atom stereocenters. The first-order valence-corrected chi connectivity index (χ1v) is 7.48. The van der Waals surface area contributed by atoms with E-state index in [2.05, 4.69) is 6.92 Å². The molecule has 0 bridgehead atoms. The van der Waals surface area contributed by atoms with Gasteiger partial charge in [0.15, 0.2) is 0 Å². The number of hydrogen-bond acceptors (Lipinski definition) is 2. The molecule has 1 aliphatic rings. The highest BCUT2D eigenvalue weighted by Crippen LogP contribution is 2.24. The number of carbonyl (C=O) groups excluding carboxylic acids is 1. The van der Waals surface area contributed by atoms with Crippen molar-refractivity contribution in [2.45, 2.75) is 45.1 Å². The van der Waals surface area contributed by atoms with Crippen molar-refractivity contribution in [2.24, 2.45) is 0 Å². The Morgan fingerprint density at radius 1 is 1.20 bits per heavy atom. The number of aliphatic hydroxyl groups excluding tert-OH is 1. The second-order valence-electron chi connectivity index (χ2n) is 5.31. The van der Waals surface area contributed by atoms with Crippen molar-refractivity contribution >= 4 is 11.6 Å². The minimum Gasteiger partial charge on any atom is -0.388 e. The zero-order valence-corrected chi connectivity index (χ0v) is 12.1. The van der Waals surface area contributed by atoms with Gasteiger partial charge < -0.3 is 10.0 Å². The summed E-state index contributed by atoms with van der Waals surface area (Å²) in [6, 6.07) is 7.67. The lowest BCUT2D eigenvalue weighted by Crippen LogP contribution is -2.24. The van der Waals surface area contributed by atoms with Gasteiger partial charge in [0.05, 0.1) is 6.10 Å². The summed E-state index contributed by atoms with van der Waals surface area (Å²) in [6.07, 6.45) is 8.55. The number of carbonyl (C=O) groups is 1. The zero-order valence-electron chi connectivity index (χ0n) is 12.1. The molecule has 0 aliphatic carbocycles. The van der Waals surface area contributed by atoms with Gasteiger partial charge >= 0.3 is 0 Å². The van der Waals surface area contributed by atoms with Crippen LogP contribution in [0, 0.1) is 0 Å². The molecule has 3 heteroatoms. The van der Waals surface area contributed by atoms with Gasteiger partial charge in [-0.3, -0.25) is 4.79 Å². The van der Waals surface area contributed by atoms with E-state index in [0.29, 0.717) is 6.54 Å². The highest BCUT2D eigenvalue weighted by atomic mass is 16.3. The van der Waals surface area contributed by atoms with Gasteiger partial charge in [-0.05, 0) is 24.1 Å². The van der Waals surface area contributed by atoms with Crippen molar-refractivity contribution < 1.29 is 9.90 Å². The molecule has 1 aromatic carbocycles. The van der Waals surface area contributed by atoms with Crippen LogP contribution in [0.5, 0.6) is 0 Å². The lowest BCUT2D eigenvalue weighted by Gasteiger charge is -2.17. The maximum absolute atomic E-state index is 11.6. The molecule has 1 heterocycles. The Hall–Kier alpha value is -1.61. The van der Waals surface area contributed by atoms with Crippen molar-refractivity contribution in [3.8, 4) is 0 Å². The Bertz CT molecular complexity index is 464. The van der Waals surface area contributed by atoms with Crippen molar-refractivity contribution in [2.75, 3.05) is 11.4 Å². The molecular weight excluding hydrogens is 250 g/mol. The largest absolute Gasteiger partial charge is 0.388 e. The molecular formula is C17H23NO2. The van der Waals surface area contributed by atoms with Crippen LogP contribution < -0.4 is 4.90 Å². The lowest BCUT2D eigenvalue weighted by atomic mass is 10.0. The summed E-state index contributed by atoms with van der Waals surface area (Å²) >= 11 is 0. The summed E-state index contributed by atoms with van der Waals surface area (Å²) in [6.45, 7) is 2.82. The second-order valence-corrected chi connectivity index (χ2v) is 5.31. The van der Waals surface area contributed by atoms with Crippen LogP contribution in [-0.4, -0.2) is 17.6 Å². The fourth-order valence-corrected chi connectivity index (χ4v) is 2.48. The van der Waals surface area contributed by atoms with Crippen LogP contribution in [0.2, 0.25) is 0 Å². The minimum absolute atomic E-state index is 0.0258. The van der Waals surface area contributed by atoms with Crippen molar-refractivity contribution in [3.63, 3.8) is 0 Å². The van der Waals surface area contributed by atoms with E-state index in [4.69, 9.17) is 0 Å². The molecule has 1 aliphatic heterocycles. The van der Waals surface area contributed by atoms with Gasteiger partial charge in [0.2, 0.25) is 0 Å². The van der Waals surface area contributed by atoms with Crippen molar-refractivity contribution in [1.82, 2.24) is 0 Å². The van der Waals surface area contributed by atoms with E-state index in [-0.39, 0.29) is 5.91 Å². The van der Waals surface area contributed by atoms with Gasteiger partial charge in [0, 0.05) is 18.3 Å². The average Bonchev–Trinajstić information content (AvgIpc) is 2.90. The molecule has 0 saturated heterocycles. The van der Waals surface area contributed by atoms with Crippen LogP contribution in [0.15, 0.2) is 36.4 Å². The molecule has 108 valence electrons. The van der Waals surface area contributed by atoms with E-state index in [1.165, 1.54) is 19.3 Å². The molecule has 1 amide bonds. The highest BCUT2D eigenvalue weighted by molar-refractivity contribution is 6.04. The van der Waals surface area contributed by atoms with Crippen LogP contribution in [0.3, 0.4) is 0 Å². The Labute approximate surface area is 120 Å². The van der Waals surface area contributed by atoms with Crippen molar-refractivity contribution in [1.29, 1.82) is 0 Å². The first kappa shape index (κ1) is 14.8. The highest BCUT2D eigenvalue weighted by Gasteiger charge is 2.16. The average molecular weight is 273 g/mol. The number of anilines is 1. The van der Waals surface area contributed by atoms with Crippen LogP contribution in [-0.2, 0) is 4.79 Å². The first-order valence-electron chi connectivity index (χ1n) is 7.48. The number of hydrogen-bond donors (Lipinski definition) is 1. The number of aliphatic hydroxyl groups is 1. The fraction of sp³-hybridized carbons (Fsp3) is 0.471. The monoisotopic (exact) mass is 273 g/mol. The van der Waals surface area contributed by atoms with Gasteiger partial charge in [-0.1, -0.05) is 50.8 Å². The summed E-state index contributed by atoms with van der Waals surface area (Å²) in [7, 11) is 0. The van der Waals surface area contributed by atoms with Crippen LogP contribution in [0.1, 0.15) is 50.7 Å². The lowest BCUT2D eigenvalue weighted by molar-refractivity contribution is -0.113. The van der Waals surface area contributed by atoms with Crippen LogP contribution in [0.25, 0.3) is 0 Å². The van der Waals surface area contributed by atoms with Gasteiger partial charge in [0.25, 0.3) is 5.91 Å². The Morgan fingerprint density at radius 2 is 1.95 bits per heavy atom. The van der Waals surface area contributed by atoms with Crippen LogP contribution >= 0.6 is 0 Å². The summed E-state index contributed by atoms with van der Waals surface area (Å²) in [5, 5.41) is 10.1. The summed E-state index contributed by atoms with van der Waals surface area (Å²) in [5.41, 5.74) is 1.83. The van der Waals surface area contributed by atoms with Gasteiger partial charge in [-0.15, -0.1) is 0 Å². The van der Waals surface area contributed by atoms with E-state index < -0.39 is 6.10 Å². The Kier molecular flexibility index (Phi) is 5.36. The molecule has 3 nitrogen and oxygen atoms in total. The van der Waals surface area contributed by atoms with E-state index in [9.17, 15) is 9.90 Å². The third kappa shape index (κ3) is 3.70. The molecule has 0 aromatic heterocycles. The van der Waals surface area contributed by atoms with Gasteiger partial charge in [0.1, 0.15) is 0 Å². The summed E-state index contributed by atoms with van der Waals surface area (Å²) in [5.74, 6) is 0.0258. The van der Waals surface area contributed by atoms with Crippen molar-refractivity contribution in [3.05, 3.63) is 42.0 Å². The maximum atomic E-state index is 11.6. The normalized spacial score (nSPS) is 15.9. The summed E-state index contributed by atoms with van der Waals surface area (Å²) in [4.78, 5) is 13.3. The molecule has 0 fully saturated rings. The predicted octanol–water partition coefficient (Wildman–Crippen LogP) is 3.59. The molecule has 0 unspecified atom stereocenters. The minimum atomic E-state index is -0.395. The molecule has 0 saturated carbocycles. The molecule has 1 N–H and O–H groups in total. The number of unbranched alkanes of at least 4 members (excludes halogenated alkanes) is 3. The maximum Gasteiger partial charge on any atom is 0.251 e. The number of amides is 1. The van der Waals surface area contributed by atoms with Gasteiger partial charge in [-0.25, -0.2) is 0 Å². The van der Waals surface area contributed by atoms with E-state index >= 15 is 0 Å². The Balaban J connectivity index is 1.89. The second kappa shape index (κ2) is 7.25. The first-order chi connectivity index (χ1) is 9.72. The Morgan fingerprint density at radius 3 is 2.55 bits per heavy atom. The van der Waals surface area contributed by atoms with E-state index in [1.54, 1.807) is 11.0 Å². The standard InChI is InChI=1S/C17H23NO2/c1-2-3-4-5-7-16(19)14-9-11-15(12-10-14)18-13-6-8-17(18)20/h6,8-12,16,19H,2-5,7,13H2,1H3/t16-/m1/s1. The quantitative estimate of drug-likeness (QED) is 0.771. The SMILES string of the molecule is CCCCCC[C@@H](O)c1ccc(N2CC=CC2=O)cc1. The molecule has 1 aromatic rings. The van der Waals surface area contributed by atoms with Gasteiger partial charge in [-0.2, -0.15) is 0 Å². The molecule has 20 heavy (non-hydrogen) atoms. The molecule has 0 spiro atoms. The zero-order chi connectivity index (χ0) is 14.4. The number of nitrogens with zero attached hydrogens (tertiary/aromatic N) is 1. The smallest absolute Gasteiger partial charge is 0.251 e. The fourth-order valence-electron chi connectivity index (χ4n) is 2.48. The third-order valence-electron chi connectivity index (χ3n) is 3.74. The number of benzene rings is 1. The predicted molar refractivity (Wildman–Crippen MR) is 81.7 cm³/mol. The van der Waals surface area contributed by atoms with E-state index in [0.717, 1.165) is 24.1 Å². The third-order valence-corrected chi connectivity index (χ3v) is 3.74. The van der Waals surface area contributed by atoms with Crippen LogP contribution in [0.4, 0.5) is 5.69 Å².